The van der Waals surface area contributed by atoms with Gasteiger partial charge in [-0.15, -0.1) is 0 Å². The minimum absolute atomic E-state index is 0.113. The molecule has 0 saturated heterocycles. The molecular formula is C20H13ClN2O4. The molecule has 0 aliphatic rings. The van der Waals surface area contributed by atoms with Crippen molar-refractivity contribution in [2.24, 2.45) is 0 Å². The summed E-state index contributed by atoms with van der Waals surface area (Å²) >= 11 is 6.02. The molecule has 6 nitrogen and oxygen atoms in total. The topological polar surface area (TPSA) is 89.3 Å². The standard InChI is InChI=1S/C20H13ClN2O4/c21-15-8-11-18(17(12-15)19(24)13-4-2-1-3-5-13)22-20(25)14-6-9-16(10-7-14)23(26)27/h1-12H,(H,22,25). The zero-order valence-electron chi connectivity index (χ0n) is 13.9. The smallest absolute Gasteiger partial charge is 0.269 e. The molecule has 1 amide bonds. The highest BCUT2D eigenvalue weighted by molar-refractivity contribution is 6.31. The first-order valence-electron chi connectivity index (χ1n) is 7.91. The molecule has 3 aromatic carbocycles. The van der Waals surface area contributed by atoms with E-state index in [1.54, 1.807) is 42.5 Å². The van der Waals surface area contributed by atoms with Crippen LogP contribution in [0.3, 0.4) is 0 Å². The fourth-order valence-electron chi connectivity index (χ4n) is 2.49. The van der Waals surface area contributed by atoms with Gasteiger partial charge in [0.05, 0.1) is 10.6 Å². The van der Waals surface area contributed by atoms with Gasteiger partial charge in [0.1, 0.15) is 0 Å². The molecule has 3 rings (SSSR count). The summed E-state index contributed by atoms with van der Waals surface area (Å²) in [6, 6.07) is 18.4. The van der Waals surface area contributed by atoms with Gasteiger partial charge >= 0.3 is 0 Å². The molecule has 0 spiro atoms. The minimum atomic E-state index is -0.544. The average molecular weight is 381 g/mol. The van der Waals surface area contributed by atoms with E-state index in [9.17, 15) is 19.7 Å². The number of anilines is 1. The quantitative estimate of drug-likeness (QED) is 0.393. The number of amides is 1. The summed E-state index contributed by atoms with van der Waals surface area (Å²) in [5, 5.41) is 13.7. The Morgan fingerprint density at radius 1 is 0.889 bits per heavy atom. The largest absolute Gasteiger partial charge is 0.321 e. The highest BCUT2D eigenvalue weighted by atomic mass is 35.5. The van der Waals surface area contributed by atoms with Crippen molar-refractivity contribution in [2.45, 2.75) is 0 Å². The number of nitro benzene ring substituents is 1. The zero-order valence-corrected chi connectivity index (χ0v) is 14.6. The van der Waals surface area contributed by atoms with Crippen molar-refractivity contribution in [3.05, 3.63) is 105 Å². The normalized spacial score (nSPS) is 10.3. The van der Waals surface area contributed by atoms with Crippen molar-refractivity contribution in [2.75, 3.05) is 5.32 Å². The van der Waals surface area contributed by atoms with Gasteiger partial charge in [0.15, 0.2) is 5.78 Å². The number of hydrogen-bond donors (Lipinski definition) is 1. The van der Waals surface area contributed by atoms with Crippen molar-refractivity contribution in [3.63, 3.8) is 0 Å². The van der Waals surface area contributed by atoms with Gasteiger partial charge in [0, 0.05) is 33.8 Å². The lowest BCUT2D eigenvalue weighted by atomic mass is 10.0. The predicted octanol–water partition coefficient (Wildman–Crippen LogP) is 4.73. The fourth-order valence-corrected chi connectivity index (χ4v) is 2.66. The summed E-state index contributed by atoms with van der Waals surface area (Å²) in [4.78, 5) is 35.4. The summed E-state index contributed by atoms with van der Waals surface area (Å²) in [6.07, 6.45) is 0. The van der Waals surface area contributed by atoms with E-state index >= 15 is 0 Å². The van der Waals surface area contributed by atoms with E-state index in [4.69, 9.17) is 11.6 Å². The van der Waals surface area contributed by atoms with Crippen molar-refractivity contribution in [1.29, 1.82) is 0 Å². The molecule has 0 fully saturated rings. The maximum absolute atomic E-state index is 12.8. The van der Waals surface area contributed by atoms with Crippen LogP contribution in [0.5, 0.6) is 0 Å². The molecule has 0 aliphatic heterocycles. The first-order valence-corrected chi connectivity index (χ1v) is 8.28. The summed E-state index contributed by atoms with van der Waals surface area (Å²) < 4.78 is 0. The van der Waals surface area contributed by atoms with E-state index in [1.807, 2.05) is 0 Å². The van der Waals surface area contributed by atoms with Gasteiger partial charge in [-0.2, -0.15) is 0 Å². The second kappa shape index (κ2) is 7.80. The number of nitro groups is 1. The molecule has 3 aromatic rings. The maximum atomic E-state index is 12.8. The Morgan fingerprint density at radius 3 is 2.19 bits per heavy atom. The molecule has 0 saturated carbocycles. The van der Waals surface area contributed by atoms with Crippen LogP contribution in [0.1, 0.15) is 26.3 Å². The Labute approximate surface area is 159 Å². The van der Waals surface area contributed by atoms with Crippen LogP contribution in [-0.2, 0) is 0 Å². The summed E-state index contributed by atoms with van der Waals surface area (Å²) in [6.45, 7) is 0. The van der Waals surface area contributed by atoms with Gasteiger partial charge in [0.25, 0.3) is 11.6 Å². The van der Waals surface area contributed by atoms with Crippen LogP contribution in [0.25, 0.3) is 0 Å². The summed E-state index contributed by atoms with van der Waals surface area (Å²) in [7, 11) is 0. The van der Waals surface area contributed by atoms with E-state index < -0.39 is 10.8 Å². The Balaban J connectivity index is 1.89. The average Bonchev–Trinajstić information content (AvgIpc) is 2.69. The molecule has 7 heteroatoms. The number of non-ortho nitro benzene ring substituents is 1. The van der Waals surface area contributed by atoms with Crippen molar-refractivity contribution < 1.29 is 14.5 Å². The highest BCUT2D eigenvalue weighted by Crippen LogP contribution is 2.24. The Bertz CT molecular complexity index is 1020. The lowest BCUT2D eigenvalue weighted by Crippen LogP contribution is -2.15. The van der Waals surface area contributed by atoms with Crippen LogP contribution in [0, 0.1) is 10.1 Å². The second-order valence-corrected chi connectivity index (χ2v) is 6.08. The van der Waals surface area contributed by atoms with Crippen LogP contribution >= 0.6 is 11.6 Å². The molecule has 27 heavy (non-hydrogen) atoms. The van der Waals surface area contributed by atoms with Crippen LogP contribution < -0.4 is 5.32 Å². The molecule has 0 atom stereocenters. The maximum Gasteiger partial charge on any atom is 0.269 e. The van der Waals surface area contributed by atoms with Gasteiger partial charge in [-0.25, -0.2) is 0 Å². The number of halogens is 1. The van der Waals surface area contributed by atoms with Crippen molar-refractivity contribution >= 4 is 34.7 Å². The van der Waals surface area contributed by atoms with Gasteiger partial charge in [-0.3, -0.25) is 19.7 Å². The van der Waals surface area contributed by atoms with Gasteiger partial charge in [0.2, 0.25) is 0 Å². The molecule has 0 unspecified atom stereocenters. The zero-order chi connectivity index (χ0) is 19.4. The first-order chi connectivity index (χ1) is 13.0. The number of nitrogens with zero attached hydrogens (tertiary/aromatic N) is 1. The Hall–Kier alpha value is -3.51. The van der Waals surface area contributed by atoms with Crippen LogP contribution in [0.4, 0.5) is 11.4 Å². The molecule has 0 aliphatic carbocycles. The number of carbonyl (C=O) groups is 2. The van der Waals surface area contributed by atoms with Crippen LogP contribution in [0.15, 0.2) is 72.8 Å². The minimum Gasteiger partial charge on any atom is -0.321 e. The summed E-state index contributed by atoms with van der Waals surface area (Å²) in [5.41, 5.74) is 1.14. The van der Waals surface area contributed by atoms with E-state index in [2.05, 4.69) is 5.32 Å². The lowest BCUT2D eigenvalue weighted by molar-refractivity contribution is -0.384. The molecule has 0 aromatic heterocycles. The third kappa shape index (κ3) is 4.19. The van der Waals surface area contributed by atoms with Crippen molar-refractivity contribution in [3.8, 4) is 0 Å². The van der Waals surface area contributed by atoms with E-state index in [-0.39, 0.29) is 22.6 Å². The number of benzene rings is 3. The second-order valence-electron chi connectivity index (χ2n) is 5.64. The Morgan fingerprint density at radius 2 is 1.56 bits per heavy atom. The molecule has 0 bridgehead atoms. The monoisotopic (exact) mass is 380 g/mol. The molecular weight excluding hydrogens is 368 g/mol. The van der Waals surface area contributed by atoms with E-state index in [0.717, 1.165) is 0 Å². The third-order valence-corrected chi connectivity index (χ3v) is 4.09. The van der Waals surface area contributed by atoms with E-state index in [1.165, 1.54) is 30.3 Å². The molecule has 0 heterocycles. The lowest BCUT2D eigenvalue weighted by Gasteiger charge is -2.11. The van der Waals surface area contributed by atoms with Gasteiger partial charge in [-0.1, -0.05) is 41.9 Å². The SMILES string of the molecule is O=C(Nc1ccc(Cl)cc1C(=O)c1ccccc1)c1ccc([N+](=O)[O-])cc1. The number of rotatable bonds is 5. The summed E-state index contributed by atoms with van der Waals surface area (Å²) in [5.74, 6) is -0.772. The Kier molecular flexibility index (Phi) is 5.28. The number of hydrogen-bond acceptors (Lipinski definition) is 4. The van der Waals surface area contributed by atoms with Crippen molar-refractivity contribution in [1.82, 2.24) is 0 Å². The fraction of sp³-hybridized carbons (Fsp3) is 0. The molecule has 134 valence electrons. The van der Waals surface area contributed by atoms with E-state index in [0.29, 0.717) is 16.3 Å². The van der Waals surface area contributed by atoms with Gasteiger partial charge < -0.3 is 5.32 Å². The predicted molar refractivity (Wildman–Crippen MR) is 102 cm³/mol. The van der Waals surface area contributed by atoms with Crippen LogP contribution in [-0.4, -0.2) is 16.6 Å². The number of carbonyl (C=O) groups excluding carboxylic acids is 2. The first kappa shape index (κ1) is 18.3. The van der Waals surface area contributed by atoms with Crippen LogP contribution in [0.2, 0.25) is 5.02 Å². The molecule has 1 N–H and O–H groups in total. The highest BCUT2D eigenvalue weighted by Gasteiger charge is 2.17. The third-order valence-electron chi connectivity index (χ3n) is 3.85. The van der Waals surface area contributed by atoms with Gasteiger partial charge in [-0.05, 0) is 30.3 Å². The molecule has 0 radical (unpaired) electrons. The number of ketones is 1. The number of nitrogens with one attached hydrogen (secondary N) is 1.